The molecular weight excluding hydrogens is 208 g/mol. The summed E-state index contributed by atoms with van der Waals surface area (Å²) in [4.78, 5) is 4.14. The average molecular weight is 230 g/mol. The van der Waals surface area contributed by atoms with Crippen molar-refractivity contribution in [1.29, 1.82) is 0 Å². The normalized spacial score (nSPS) is 28.6. The summed E-state index contributed by atoms with van der Waals surface area (Å²) in [6, 6.07) is 0. The Morgan fingerprint density at radius 1 is 1.41 bits per heavy atom. The Kier molecular flexibility index (Phi) is 5.47. The monoisotopic (exact) mass is 230 g/mol. The van der Waals surface area contributed by atoms with Crippen molar-refractivity contribution in [3.8, 4) is 0 Å². The summed E-state index contributed by atoms with van der Waals surface area (Å²) in [6.45, 7) is 6.17. The highest BCUT2D eigenvalue weighted by molar-refractivity contribution is 5.73. The van der Waals surface area contributed by atoms with Gasteiger partial charge in [0.15, 0.2) is 0 Å². The highest BCUT2D eigenvalue weighted by Gasteiger charge is 2.29. The smallest absolute Gasteiger partial charge is 0.0267 e. The molecule has 0 aromatic rings. The van der Waals surface area contributed by atoms with E-state index in [2.05, 4.69) is 24.1 Å². The van der Waals surface area contributed by atoms with Crippen molar-refractivity contribution in [2.24, 2.45) is 22.6 Å². The summed E-state index contributed by atoms with van der Waals surface area (Å²) in [7, 11) is 0. The molecule has 0 aromatic heterocycles. The minimum Gasteiger partial charge on any atom is -0.399 e. The molecule has 0 aromatic carbocycles. The highest BCUT2D eigenvalue weighted by Crippen LogP contribution is 2.40. The van der Waals surface area contributed by atoms with Gasteiger partial charge >= 0.3 is 0 Å². The van der Waals surface area contributed by atoms with E-state index in [0.29, 0.717) is 11.8 Å². The van der Waals surface area contributed by atoms with E-state index in [-0.39, 0.29) is 0 Å². The fourth-order valence-corrected chi connectivity index (χ4v) is 1.92. The first kappa shape index (κ1) is 13.5. The van der Waals surface area contributed by atoms with E-state index in [1.807, 2.05) is 38.3 Å². The standard InChI is InChI=1S/C15H22N2/c1-4-9-17-10-8-13-11-12(3)15(13)7-6-14(16)5-2/h4-10,12,15H,11,16H2,1-3H3/b7-6-,9-4-,13-8-,14-5+,17-10-. The van der Waals surface area contributed by atoms with E-state index in [4.69, 9.17) is 5.73 Å². The third-order valence-corrected chi connectivity index (χ3v) is 3.04. The highest BCUT2D eigenvalue weighted by atomic mass is 14.7. The second-order valence-electron chi connectivity index (χ2n) is 4.38. The van der Waals surface area contributed by atoms with Crippen molar-refractivity contribution in [3.05, 3.63) is 47.9 Å². The molecule has 1 fully saturated rings. The van der Waals surface area contributed by atoms with Crippen molar-refractivity contribution in [3.63, 3.8) is 0 Å². The zero-order valence-corrected chi connectivity index (χ0v) is 10.9. The topological polar surface area (TPSA) is 38.4 Å². The number of allylic oxidation sites excluding steroid dienone is 6. The van der Waals surface area contributed by atoms with Crippen LogP contribution >= 0.6 is 0 Å². The van der Waals surface area contributed by atoms with Crippen molar-refractivity contribution in [2.75, 3.05) is 0 Å². The zero-order chi connectivity index (χ0) is 12.7. The van der Waals surface area contributed by atoms with Gasteiger partial charge in [-0.1, -0.05) is 30.7 Å². The second-order valence-corrected chi connectivity index (χ2v) is 4.38. The molecule has 2 nitrogen and oxygen atoms in total. The molecule has 2 heteroatoms. The summed E-state index contributed by atoms with van der Waals surface area (Å²) < 4.78 is 0. The summed E-state index contributed by atoms with van der Waals surface area (Å²) in [5.74, 6) is 1.22. The molecule has 2 N–H and O–H groups in total. The molecule has 1 aliphatic rings. The molecule has 1 saturated carbocycles. The molecule has 2 atom stereocenters. The van der Waals surface area contributed by atoms with Gasteiger partial charge in [-0.3, -0.25) is 4.99 Å². The molecule has 0 amide bonds. The Morgan fingerprint density at radius 2 is 2.18 bits per heavy atom. The van der Waals surface area contributed by atoms with Crippen molar-refractivity contribution < 1.29 is 0 Å². The maximum atomic E-state index is 5.75. The molecule has 0 saturated heterocycles. The van der Waals surface area contributed by atoms with Gasteiger partial charge in [-0.2, -0.15) is 0 Å². The SMILES string of the molecule is C\C=C/N=C\C=C1\CC(C)C1/C=C\C(N)=C/C. The van der Waals surface area contributed by atoms with Crippen molar-refractivity contribution >= 4 is 6.21 Å². The largest absolute Gasteiger partial charge is 0.399 e. The number of nitrogens with zero attached hydrogens (tertiary/aromatic N) is 1. The van der Waals surface area contributed by atoms with Gasteiger partial charge in [0.25, 0.3) is 0 Å². The average Bonchev–Trinajstić information content (AvgIpc) is 2.32. The zero-order valence-electron chi connectivity index (χ0n) is 10.9. The fourth-order valence-electron chi connectivity index (χ4n) is 1.92. The van der Waals surface area contributed by atoms with Crippen LogP contribution in [-0.2, 0) is 0 Å². The molecule has 0 heterocycles. The van der Waals surface area contributed by atoms with Gasteiger partial charge in [-0.05, 0) is 38.3 Å². The third-order valence-electron chi connectivity index (χ3n) is 3.04. The van der Waals surface area contributed by atoms with E-state index in [0.717, 1.165) is 12.1 Å². The van der Waals surface area contributed by atoms with E-state index in [1.165, 1.54) is 5.57 Å². The number of aliphatic imine (C=N–C) groups is 1. The lowest BCUT2D eigenvalue weighted by Gasteiger charge is -2.35. The van der Waals surface area contributed by atoms with Crippen LogP contribution in [0, 0.1) is 11.8 Å². The van der Waals surface area contributed by atoms with Crippen LogP contribution in [0.25, 0.3) is 0 Å². The second kappa shape index (κ2) is 6.89. The minimum absolute atomic E-state index is 0.519. The van der Waals surface area contributed by atoms with Crippen LogP contribution in [0.15, 0.2) is 52.8 Å². The summed E-state index contributed by atoms with van der Waals surface area (Å²) >= 11 is 0. The Hall–Kier alpha value is -1.57. The van der Waals surface area contributed by atoms with Gasteiger partial charge in [0.2, 0.25) is 0 Å². The number of hydrogen-bond donors (Lipinski definition) is 1. The van der Waals surface area contributed by atoms with Crippen molar-refractivity contribution in [2.45, 2.75) is 27.2 Å². The molecule has 17 heavy (non-hydrogen) atoms. The van der Waals surface area contributed by atoms with E-state index in [1.54, 1.807) is 6.20 Å². The molecule has 0 radical (unpaired) electrons. The molecular formula is C15H22N2. The minimum atomic E-state index is 0.519. The van der Waals surface area contributed by atoms with Gasteiger partial charge in [-0.25, -0.2) is 0 Å². The van der Waals surface area contributed by atoms with Gasteiger partial charge in [0, 0.05) is 24.0 Å². The summed E-state index contributed by atoms with van der Waals surface area (Å²) in [5.41, 5.74) is 8.01. The van der Waals surface area contributed by atoms with E-state index >= 15 is 0 Å². The van der Waals surface area contributed by atoms with E-state index in [9.17, 15) is 0 Å². The van der Waals surface area contributed by atoms with Gasteiger partial charge in [0.1, 0.15) is 0 Å². The molecule has 0 aliphatic heterocycles. The Morgan fingerprint density at radius 3 is 2.76 bits per heavy atom. The molecule has 0 spiro atoms. The summed E-state index contributed by atoms with van der Waals surface area (Å²) in [6.07, 6.45) is 15.0. The molecule has 92 valence electrons. The van der Waals surface area contributed by atoms with Gasteiger partial charge in [0.05, 0.1) is 0 Å². The van der Waals surface area contributed by atoms with Crippen LogP contribution < -0.4 is 5.73 Å². The fraction of sp³-hybridized carbons (Fsp3) is 0.400. The van der Waals surface area contributed by atoms with Crippen LogP contribution in [0.3, 0.4) is 0 Å². The van der Waals surface area contributed by atoms with Crippen LogP contribution in [0.1, 0.15) is 27.2 Å². The third kappa shape index (κ3) is 4.06. The first-order valence-electron chi connectivity index (χ1n) is 6.12. The lowest BCUT2D eigenvalue weighted by molar-refractivity contribution is 0.362. The van der Waals surface area contributed by atoms with Crippen LogP contribution in [-0.4, -0.2) is 6.21 Å². The van der Waals surface area contributed by atoms with Crippen molar-refractivity contribution in [1.82, 2.24) is 0 Å². The predicted octanol–water partition coefficient (Wildman–Crippen LogP) is 3.59. The number of rotatable bonds is 4. The van der Waals surface area contributed by atoms with Gasteiger partial charge < -0.3 is 5.73 Å². The number of nitrogens with two attached hydrogens (primary N) is 1. The Labute approximate surface area is 104 Å². The lowest BCUT2D eigenvalue weighted by atomic mass is 9.70. The Balaban J connectivity index is 2.61. The summed E-state index contributed by atoms with van der Waals surface area (Å²) in [5, 5.41) is 0. The molecule has 1 rings (SSSR count). The molecule has 0 bridgehead atoms. The van der Waals surface area contributed by atoms with Crippen LogP contribution in [0.5, 0.6) is 0 Å². The Bertz CT molecular complexity index is 384. The predicted molar refractivity (Wildman–Crippen MR) is 75.7 cm³/mol. The first-order chi connectivity index (χ1) is 8.19. The van der Waals surface area contributed by atoms with E-state index < -0.39 is 0 Å². The first-order valence-corrected chi connectivity index (χ1v) is 6.12. The van der Waals surface area contributed by atoms with Crippen LogP contribution in [0.2, 0.25) is 0 Å². The number of hydrogen-bond acceptors (Lipinski definition) is 2. The van der Waals surface area contributed by atoms with Crippen LogP contribution in [0.4, 0.5) is 0 Å². The maximum Gasteiger partial charge on any atom is 0.0267 e. The molecule has 2 unspecified atom stereocenters. The quantitative estimate of drug-likeness (QED) is 0.581. The maximum absolute atomic E-state index is 5.75. The van der Waals surface area contributed by atoms with Gasteiger partial charge in [-0.15, -0.1) is 0 Å². The molecule has 1 aliphatic carbocycles. The lowest BCUT2D eigenvalue weighted by Crippen LogP contribution is -2.25.